The molecule has 152 valence electrons. The zero-order chi connectivity index (χ0) is 21.2. The van der Waals surface area contributed by atoms with Crippen molar-refractivity contribution >= 4 is 17.4 Å². The van der Waals surface area contributed by atoms with Crippen LogP contribution in [0.3, 0.4) is 0 Å². The van der Waals surface area contributed by atoms with Gasteiger partial charge in [-0.2, -0.15) is 13.2 Å². The van der Waals surface area contributed by atoms with Crippen LogP contribution in [0.1, 0.15) is 32.9 Å². The van der Waals surface area contributed by atoms with Gasteiger partial charge in [-0.25, -0.2) is 4.98 Å². The molecule has 1 N–H and O–H groups in total. The van der Waals surface area contributed by atoms with Crippen LogP contribution in [0, 0.1) is 13.8 Å². The number of alkyl halides is 3. The van der Waals surface area contributed by atoms with Crippen molar-refractivity contribution in [2.75, 3.05) is 12.4 Å². The molecule has 0 aliphatic heterocycles. The molecule has 29 heavy (non-hydrogen) atoms. The number of carbonyl (C=O) groups excluding carboxylic acids is 1. The van der Waals surface area contributed by atoms with E-state index in [1.165, 1.54) is 23.2 Å². The second kappa shape index (κ2) is 7.94. The third kappa shape index (κ3) is 4.56. The largest absolute Gasteiger partial charge is 0.416 e. The van der Waals surface area contributed by atoms with Crippen molar-refractivity contribution in [3.05, 3.63) is 70.7 Å². The molecule has 1 amide bonds. The number of carbonyl (C=O) groups is 1. The van der Waals surface area contributed by atoms with Gasteiger partial charge in [-0.15, -0.1) is 0 Å². The maximum absolute atomic E-state index is 12.9. The lowest BCUT2D eigenvalue weighted by Crippen LogP contribution is -2.27. The van der Waals surface area contributed by atoms with Crippen LogP contribution in [0.2, 0.25) is 0 Å². The SMILES string of the molecule is Cc1noc(C)c1CN(C)C(=O)c1cccnc1Nc1cccc(C(F)(F)F)c1. The Morgan fingerprint density at radius 3 is 2.62 bits per heavy atom. The minimum absolute atomic E-state index is 0.169. The Hall–Kier alpha value is -3.36. The van der Waals surface area contributed by atoms with Gasteiger partial charge in [-0.05, 0) is 44.2 Å². The second-order valence-electron chi connectivity index (χ2n) is 6.57. The third-order valence-electron chi connectivity index (χ3n) is 4.41. The van der Waals surface area contributed by atoms with E-state index < -0.39 is 11.7 Å². The number of nitrogens with one attached hydrogen (secondary N) is 1. The summed E-state index contributed by atoms with van der Waals surface area (Å²) in [6.07, 6.45) is -3.00. The van der Waals surface area contributed by atoms with Crippen LogP contribution in [0.5, 0.6) is 0 Å². The molecule has 2 aromatic heterocycles. The molecule has 9 heteroatoms. The van der Waals surface area contributed by atoms with Crippen molar-refractivity contribution in [3.8, 4) is 0 Å². The molecular formula is C20H19F3N4O2. The molecule has 3 rings (SSSR count). The molecule has 0 saturated carbocycles. The van der Waals surface area contributed by atoms with E-state index in [9.17, 15) is 18.0 Å². The van der Waals surface area contributed by atoms with Crippen molar-refractivity contribution in [1.82, 2.24) is 15.0 Å². The molecule has 6 nitrogen and oxygen atoms in total. The molecule has 0 aliphatic rings. The van der Waals surface area contributed by atoms with Gasteiger partial charge < -0.3 is 14.7 Å². The zero-order valence-electron chi connectivity index (χ0n) is 16.0. The van der Waals surface area contributed by atoms with Gasteiger partial charge in [0.1, 0.15) is 11.6 Å². The summed E-state index contributed by atoms with van der Waals surface area (Å²) < 4.78 is 44.0. The number of hydrogen-bond donors (Lipinski definition) is 1. The van der Waals surface area contributed by atoms with Gasteiger partial charge in [0.15, 0.2) is 0 Å². The monoisotopic (exact) mass is 404 g/mol. The lowest BCUT2D eigenvalue weighted by Gasteiger charge is -2.19. The maximum Gasteiger partial charge on any atom is 0.416 e. The fourth-order valence-corrected chi connectivity index (χ4v) is 2.83. The number of hydrogen-bond acceptors (Lipinski definition) is 5. The molecule has 2 heterocycles. The molecule has 0 atom stereocenters. The Bertz CT molecular complexity index is 1010. The van der Waals surface area contributed by atoms with Crippen LogP contribution in [-0.2, 0) is 12.7 Å². The highest BCUT2D eigenvalue weighted by Gasteiger charge is 2.30. The summed E-state index contributed by atoms with van der Waals surface area (Å²) in [7, 11) is 1.62. The number of benzene rings is 1. The maximum atomic E-state index is 12.9. The topological polar surface area (TPSA) is 71.3 Å². The molecule has 0 radical (unpaired) electrons. The average Bonchev–Trinajstić information content (AvgIpc) is 2.99. The number of amides is 1. The van der Waals surface area contributed by atoms with E-state index in [0.717, 1.165) is 17.7 Å². The van der Waals surface area contributed by atoms with E-state index in [2.05, 4.69) is 15.5 Å². The minimum Gasteiger partial charge on any atom is -0.361 e. The Morgan fingerprint density at radius 1 is 1.21 bits per heavy atom. The van der Waals surface area contributed by atoms with Crippen molar-refractivity contribution < 1.29 is 22.5 Å². The smallest absolute Gasteiger partial charge is 0.361 e. The molecule has 3 aromatic rings. The predicted molar refractivity (Wildman–Crippen MR) is 101 cm³/mol. The summed E-state index contributed by atoms with van der Waals surface area (Å²) in [4.78, 5) is 18.5. The normalized spacial score (nSPS) is 11.4. The summed E-state index contributed by atoms with van der Waals surface area (Å²) in [6.45, 7) is 3.82. The van der Waals surface area contributed by atoms with Crippen LogP contribution in [-0.4, -0.2) is 28.0 Å². The summed E-state index contributed by atoms with van der Waals surface area (Å²) >= 11 is 0. The number of pyridine rings is 1. The Kier molecular flexibility index (Phi) is 5.58. The van der Waals surface area contributed by atoms with E-state index in [0.29, 0.717) is 11.5 Å². The van der Waals surface area contributed by atoms with Gasteiger partial charge in [0.25, 0.3) is 5.91 Å². The summed E-state index contributed by atoms with van der Waals surface area (Å²) in [5, 5.41) is 6.69. The quantitative estimate of drug-likeness (QED) is 0.666. The summed E-state index contributed by atoms with van der Waals surface area (Å²) in [6, 6.07) is 7.87. The van der Waals surface area contributed by atoms with Gasteiger partial charge in [0.05, 0.1) is 23.4 Å². The van der Waals surface area contributed by atoms with E-state index in [4.69, 9.17) is 4.52 Å². The van der Waals surface area contributed by atoms with Gasteiger partial charge in [-0.1, -0.05) is 11.2 Å². The first kappa shape index (κ1) is 20.4. The molecular weight excluding hydrogens is 385 g/mol. The fourth-order valence-electron chi connectivity index (χ4n) is 2.83. The summed E-state index contributed by atoms with van der Waals surface area (Å²) in [5.74, 6) is 0.450. The van der Waals surface area contributed by atoms with E-state index in [1.807, 2.05) is 0 Å². The fraction of sp³-hybridized carbons (Fsp3) is 0.250. The molecule has 0 saturated heterocycles. The summed E-state index contributed by atoms with van der Waals surface area (Å²) in [5.41, 5.74) is 1.12. The Morgan fingerprint density at radius 2 is 1.97 bits per heavy atom. The van der Waals surface area contributed by atoms with E-state index in [1.54, 1.807) is 33.0 Å². The molecule has 0 fully saturated rings. The highest BCUT2D eigenvalue weighted by atomic mass is 19.4. The molecule has 0 spiro atoms. The first-order valence-electron chi connectivity index (χ1n) is 8.73. The number of aromatic nitrogens is 2. The number of anilines is 2. The van der Waals surface area contributed by atoms with Crippen molar-refractivity contribution in [2.24, 2.45) is 0 Å². The number of aryl methyl sites for hydroxylation is 2. The van der Waals surface area contributed by atoms with Crippen LogP contribution < -0.4 is 5.32 Å². The predicted octanol–water partition coefficient (Wildman–Crippen LogP) is 4.72. The zero-order valence-corrected chi connectivity index (χ0v) is 16.0. The van der Waals surface area contributed by atoms with Crippen LogP contribution in [0.15, 0.2) is 47.1 Å². The van der Waals surface area contributed by atoms with Gasteiger partial charge in [0, 0.05) is 24.5 Å². The van der Waals surface area contributed by atoms with E-state index >= 15 is 0 Å². The molecule has 1 aromatic carbocycles. The molecule has 0 bridgehead atoms. The Labute approximate surface area is 165 Å². The minimum atomic E-state index is -4.46. The van der Waals surface area contributed by atoms with Gasteiger partial charge in [-0.3, -0.25) is 4.79 Å². The highest BCUT2D eigenvalue weighted by molar-refractivity contribution is 5.99. The molecule has 0 aliphatic carbocycles. The van der Waals surface area contributed by atoms with Gasteiger partial charge in [0.2, 0.25) is 0 Å². The lowest BCUT2D eigenvalue weighted by molar-refractivity contribution is -0.137. The number of nitrogens with zero attached hydrogens (tertiary/aromatic N) is 3. The van der Waals surface area contributed by atoms with Gasteiger partial charge >= 0.3 is 6.18 Å². The third-order valence-corrected chi connectivity index (χ3v) is 4.41. The average molecular weight is 404 g/mol. The van der Waals surface area contributed by atoms with E-state index in [-0.39, 0.29) is 29.5 Å². The molecule has 0 unspecified atom stereocenters. The first-order chi connectivity index (χ1) is 13.7. The van der Waals surface area contributed by atoms with Crippen LogP contribution in [0.4, 0.5) is 24.7 Å². The van der Waals surface area contributed by atoms with Crippen LogP contribution in [0.25, 0.3) is 0 Å². The lowest BCUT2D eigenvalue weighted by atomic mass is 10.1. The second-order valence-corrected chi connectivity index (χ2v) is 6.57. The van der Waals surface area contributed by atoms with Crippen molar-refractivity contribution in [3.63, 3.8) is 0 Å². The van der Waals surface area contributed by atoms with Crippen molar-refractivity contribution in [2.45, 2.75) is 26.6 Å². The first-order valence-corrected chi connectivity index (χ1v) is 8.73. The Balaban J connectivity index is 1.84. The highest BCUT2D eigenvalue weighted by Crippen LogP contribution is 2.31. The number of rotatable bonds is 5. The van der Waals surface area contributed by atoms with Crippen LogP contribution >= 0.6 is 0 Å². The van der Waals surface area contributed by atoms with Crippen molar-refractivity contribution in [1.29, 1.82) is 0 Å². The number of halogens is 3. The standard InChI is InChI=1S/C20H19F3N4O2/c1-12-17(13(2)29-26-12)11-27(3)19(28)16-8-5-9-24-18(16)25-15-7-4-6-14(10-15)20(21,22)23/h4-10H,11H2,1-3H3,(H,24,25).